The van der Waals surface area contributed by atoms with Crippen LogP contribution in [0, 0.1) is 13.8 Å². The molecular formula is C17H21N3O4. The minimum Gasteiger partial charge on any atom is -0.462 e. The molecule has 7 nitrogen and oxygen atoms in total. The number of amides is 1. The van der Waals surface area contributed by atoms with E-state index in [9.17, 15) is 14.4 Å². The number of esters is 1. The van der Waals surface area contributed by atoms with Crippen LogP contribution in [0.5, 0.6) is 0 Å². The van der Waals surface area contributed by atoms with E-state index < -0.39 is 5.97 Å². The second-order valence-electron chi connectivity index (χ2n) is 5.34. The minimum absolute atomic E-state index is 0.132. The molecule has 0 atom stereocenters. The summed E-state index contributed by atoms with van der Waals surface area (Å²) in [6.07, 6.45) is 1.58. The Morgan fingerprint density at radius 2 is 1.96 bits per heavy atom. The van der Waals surface area contributed by atoms with Gasteiger partial charge in [-0.2, -0.15) is 0 Å². The maximum absolute atomic E-state index is 12.5. The molecule has 0 unspecified atom stereocenters. The van der Waals surface area contributed by atoms with E-state index in [1.807, 2.05) is 6.92 Å². The average molecular weight is 331 g/mol. The molecule has 0 aliphatic heterocycles. The van der Waals surface area contributed by atoms with Crippen molar-refractivity contribution in [2.24, 2.45) is 0 Å². The minimum atomic E-state index is -0.456. The number of ether oxygens (including phenoxy) is 1. The zero-order valence-electron chi connectivity index (χ0n) is 14.2. The third-order valence-electron chi connectivity index (χ3n) is 3.73. The van der Waals surface area contributed by atoms with Gasteiger partial charge >= 0.3 is 5.97 Å². The van der Waals surface area contributed by atoms with E-state index >= 15 is 0 Å². The molecule has 0 bridgehead atoms. The molecule has 0 radical (unpaired) electrons. The molecular weight excluding hydrogens is 310 g/mol. The normalized spacial score (nSPS) is 10.5. The Morgan fingerprint density at radius 3 is 2.58 bits per heavy atom. The van der Waals surface area contributed by atoms with Crippen molar-refractivity contribution in [2.45, 2.75) is 34.2 Å². The first kappa shape index (κ1) is 17.5. The summed E-state index contributed by atoms with van der Waals surface area (Å²) in [5.41, 5.74) is 2.16. The molecule has 0 spiro atoms. The van der Waals surface area contributed by atoms with E-state index in [4.69, 9.17) is 4.74 Å². The van der Waals surface area contributed by atoms with Crippen molar-refractivity contribution >= 4 is 17.6 Å². The Morgan fingerprint density at radius 1 is 1.25 bits per heavy atom. The summed E-state index contributed by atoms with van der Waals surface area (Å²) < 4.78 is 6.51. The molecule has 2 heterocycles. The van der Waals surface area contributed by atoms with Gasteiger partial charge in [-0.15, -0.1) is 0 Å². The van der Waals surface area contributed by atoms with Crippen LogP contribution in [-0.2, 0) is 11.3 Å². The van der Waals surface area contributed by atoms with E-state index in [-0.39, 0.29) is 18.1 Å². The Bertz CT molecular complexity index is 833. The van der Waals surface area contributed by atoms with E-state index in [0.29, 0.717) is 34.7 Å². The van der Waals surface area contributed by atoms with Crippen molar-refractivity contribution in [1.82, 2.24) is 9.55 Å². The Labute approximate surface area is 139 Å². The molecule has 2 N–H and O–H groups in total. The van der Waals surface area contributed by atoms with Crippen molar-refractivity contribution in [2.75, 3.05) is 11.9 Å². The number of aromatic nitrogens is 2. The number of aryl methyl sites for hydroxylation is 2. The van der Waals surface area contributed by atoms with Crippen LogP contribution in [0.2, 0.25) is 0 Å². The number of aromatic amines is 1. The molecule has 0 aliphatic rings. The molecule has 0 aliphatic carbocycles. The molecule has 24 heavy (non-hydrogen) atoms. The van der Waals surface area contributed by atoms with Crippen LogP contribution in [-0.4, -0.2) is 28.0 Å². The van der Waals surface area contributed by atoms with Gasteiger partial charge in [-0.1, -0.05) is 0 Å². The lowest BCUT2D eigenvalue weighted by molar-refractivity contribution is 0.0525. The monoisotopic (exact) mass is 331 g/mol. The number of H-pyrrole nitrogens is 1. The number of hydrogen-bond acceptors (Lipinski definition) is 4. The summed E-state index contributed by atoms with van der Waals surface area (Å²) in [5.74, 6) is -0.838. The number of carbonyl (C=O) groups excluding carboxylic acids is 2. The topological polar surface area (TPSA) is 93.2 Å². The van der Waals surface area contributed by atoms with Crippen LogP contribution in [0.4, 0.5) is 5.69 Å². The second kappa shape index (κ2) is 7.16. The zero-order valence-corrected chi connectivity index (χ0v) is 14.2. The van der Waals surface area contributed by atoms with Gasteiger partial charge in [-0.25, -0.2) is 4.79 Å². The van der Waals surface area contributed by atoms with Crippen LogP contribution in [0.1, 0.15) is 46.0 Å². The van der Waals surface area contributed by atoms with Crippen LogP contribution in [0.25, 0.3) is 0 Å². The SMILES string of the molecule is CCOC(=O)c1c(C)[nH]c(C(=O)Nc2ccc(=O)n(CC)c2)c1C. The van der Waals surface area contributed by atoms with Gasteiger partial charge in [0.15, 0.2) is 0 Å². The number of carbonyl (C=O) groups is 2. The molecule has 2 aromatic rings. The Hall–Kier alpha value is -2.83. The zero-order chi connectivity index (χ0) is 17.9. The molecule has 0 aromatic carbocycles. The second-order valence-corrected chi connectivity index (χ2v) is 5.34. The van der Waals surface area contributed by atoms with Crippen LogP contribution < -0.4 is 10.9 Å². The molecule has 0 saturated heterocycles. The summed E-state index contributed by atoms with van der Waals surface area (Å²) in [4.78, 5) is 39.0. The van der Waals surface area contributed by atoms with Gasteiger partial charge in [0.05, 0.1) is 17.9 Å². The quantitative estimate of drug-likeness (QED) is 0.822. The van der Waals surface area contributed by atoms with Crippen molar-refractivity contribution in [3.05, 3.63) is 51.2 Å². The molecule has 2 rings (SSSR count). The summed E-state index contributed by atoms with van der Waals surface area (Å²) in [5, 5.41) is 2.73. The summed E-state index contributed by atoms with van der Waals surface area (Å²) in [6.45, 7) is 7.76. The van der Waals surface area contributed by atoms with Gasteiger partial charge in [0.1, 0.15) is 5.69 Å². The molecule has 2 aromatic heterocycles. The largest absolute Gasteiger partial charge is 0.462 e. The molecule has 128 valence electrons. The number of hydrogen-bond donors (Lipinski definition) is 2. The number of rotatable bonds is 5. The smallest absolute Gasteiger partial charge is 0.340 e. The highest BCUT2D eigenvalue weighted by molar-refractivity contribution is 6.06. The van der Waals surface area contributed by atoms with Crippen LogP contribution in [0.3, 0.4) is 0 Å². The lowest BCUT2D eigenvalue weighted by Crippen LogP contribution is -2.20. The highest BCUT2D eigenvalue weighted by Gasteiger charge is 2.22. The lowest BCUT2D eigenvalue weighted by Gasteiger charge is -2.08. The number of nitrogens with zero attached hydrogens (tertiary/aromatic N) is 1. The van der Waals surface area contributed by atoms with Gasteiger partial charge in [-0.05, 0) is 39.3 Å². The maximum Gasteiger partial charge on any atom is 0.340 e. The first-order valence-corrected chi connectivity index (χ1v) is 7.77. The fourth-order valence-electron chi connectivity index (χ4n) is 2.53. The van der Waals surface area contributed by atoms with Gasteiger partial charge in [0.25, 0.3) is 11.5 Å². The molecule has 7 heteroatoms. The van der Waals surface area contributed by atoms with Gasteiger partial charge < -0.3 is 19.6 Å². The van der Waals surface area contributed by atoms with Gasteiger partial charge in [0, 0.05) is 24.5 Å². The predicted molar refractivity (Wildman–Crippen MR) is 90.6 cm³/mol. The third kappa shape index (κ3) is 3.40. The summed E-state index contributed by atoms with van der Waals surface area (Å²) in [6, 6.07) is 2.94. The number of nitrogens with one attached hydrogen (secondary N) is 2. The Kier molecular flexibility index (Phi) is 5.23. The summed E-state index contributed by atoms with van der Waals surface area (Å²) >= 11 is 0. The fraction of sp³-hybridized carbons (Fsp3) is 0.353. The fourth-order valence-corrected chi connectivity index (χ4v) is 2.53. The molecule has 0 fully saturated rings. The van der Waals surface area contributed by atoms with Crippen molar-refractivity contribution in [1.29, 1.82) is 0 Å². The van der Waals surface area contributed by atoms with E-state index in [2.05, 4.69) is 10.3 Å². The average Bonchev–Trinajstić information content (AvgIpc) is 2.84. The number of pyridine rings is 1. The predicted octanol–water partition coefficient (Wildman–Crippen LogP) is 2.24. The Balaban J connectivity index is 2.29. The molecule has 0 saturated carbocycles. The van der Waals surface area contributed by atoms with E-state index in [0.717, 1.165) is 0 Å². The van der Waals surface area contributed by atoms with Crippen molar-refractivity contribution in [3.63, 3.8) is 0 Å². The third-order valence-corrected chi connectivity index (χ3v) is 3.73. The maximum atomic E-state index is 12.5. The van der Waals surface area contributed by atoms with E-state index in [1.54, 1.807) is 33.0 Å². The highest BCUT2D eigenvalue weighted by atomic mass is 16.5. The highest BCUT2D eigenvalue weighted by Crippen LogP contribution is 2.20. The number of anilines is 1. The first-order valence-electron chi connectivity index (χ1n) is 7.77. The lowest BCUT2D eigenvalue weighted by atomic mass is 10.1. The van der Waals surface area contributed by atoms with Crippen LogP contribution >= 0.6 is 0 Å². The van der Waals surface area contributed by atoms with Crippen molar-refractivity contribution in [3.8, 4) is 0 Å². The van der Waals surface area contributed by atoms with Crippen molar-refractivity contribution < 1.29 is 14.3 Å². The summed E-state index contributed by atoms with van der Waals surface area (Å²) in [7, 11) is 0. The van der Waals surface area contributed by atoms with Gasteiger partial charge in [0.2, 0.25) is 0 Å². The first-order chi connectivity index (χ1) is 11.4. The van der Waals surface area contributed by atoms with Crippen LogP contribution in [0.15, 0.2) is 23.1 Å². The standard InChI is InChI=1S/C17H21N3O4/c1-5-20-9-12(7-8-13(20)21)19-16(22)15-10(3)14(11(4)18-15)17(23)24-6-2/h7-9,18H,5-6H2,1-4H3,(H,19,22). The molecule has 1 amide bonds. The van der Waals surface area contributed by atoms with Gasteiger partial charge in [-0.3, -0.25) is 9.59 Å². The van der Waals surface area contributed by atoms with E-state index in [1.165, 1.54) is 10.6 Å².